The van der Waals surface area contributed by atoms with E-state index in [4.69, 9.17) is 0 Å². The van der Waals surface area contributed by atoms with Crippen LogP contribution in [0.15, 0.2) is 55.1 Å². The number of benzene rings is 2. The van der Waals surface area contributed by atoms with Crippen molar-refractivity contribution in [2.45, 2.75) is 26.8 Å². The van der Waals surface area contributed by atoms with Crippen LogP contribution >= 0.6 is 0 Å². The summed E-state index contributed by atoms with van der Waals surface area (Å²) in [5.74, 6) is -0.0558. The first-order valence-electron chi connectivity index (χ1n) is 9.41. The first-order chi connectivity index (χ1) is 13.9. The van der Waals surface area contributed by atoms with E-state index in [1.165, 1.54) is 6.33 Å². The Morgan fingerprint density at radius 1 is 1.00 bits per heavy atom. The number of nitrogens with zero attached hydrogens (tertiary/aromatic N) is 6. The third-order valence-electron chi connectivity index (χ3n) is 5.28. The topological polar surface area (TPSA) is 76.8 Å². The zero-order valence-electron chi connectivity index (χ0n) is 16.9. The van der Waals surface area contributed by atoms with E-state index in [-0.39, 0.29) is 11.9 Å². The lowest BCUT2D eigenvalue weighted by Gasteiger charge is -2.25. The van der Waals surface area contributed by atoms with Crippen LogP contribution in [-0.2, 0) is 0 Å². The van der Waals surface area contributed by atoms with Gasteiger partial charge in [-0.3, -0.25) is 4.79 Å². The van der Waals surface area contributed by atoms with Crippen LogP contribution in [0.4, 0.5) is 0 Å². The molecular weight excluding hydrogens is 364 g/mol. The molecular formula is C22H22N6O. The van der Waals surface area contributed by atoms with E-state index in [9.17, 15) is 4.79 Å². The quantitative estimate of drug-likeness (QED) is 0.535. The van der Waals surface area contributed by atoms with Gasteiger partial charge in [0, 0.05) is 12.6 Å². The summed E-state index contributed by atoms with van der Waals surface area (Å²) in [7, 11) is 1.81. The molecule has 1 atom stereocenters. The van der Waals surface area contributed by atoms with Crippen molar-refractivity contribution in [2.24, 2.45) is 0 Å². The van der Waals surface area contributed by atoms with E-state index in [2.05, 4.69) is 20.1 Å². The van der Waals surface area contributed by atoms with Gasteiger partial charge in [0.1, 0.15) is 12.7 Å². The second-order valence-corrected chi connectivity index (χ2v) is 7.12. The smallest absolute Gasteiger partial charge is 0.254 e. The molecule has 146 valence electrons. The molecule has 0 unspecified atom stereocenters. The molecule has 7 nitrogen and oxygen atoms in total. The SMILES string of the molecule is Cc1nc2ccc(C(=O)N(C)[C@@H](C)c3ccc(-n4cncn4)cc3)cc2nc1C. The van der Waals surface area contributed by atoms with Gasteiger partial charge in [0.25, 0.3) is 5.91 Å². The summed E-state index contributed by atoms with van der Waals surface area (Å²) < 4.78 is 1.70. The summed E-state index contributed by atoms with van der Waals surface area (Å²) in [5.41, 5.74) is 5.86. The highest BCUT2D eigenvalue weighted by atomic mass is 16.2. The Kier molecular flexibility index (Phi) is 4.80. The summed E-state index contributed by atoms with van der Waals surface area (Å²) in [4.78, 5) is 27.9. The standard InChI is InChI=1S/C22H22N6O/c1-14-15(2)26-21-11-18(7-10-20(21)25-14)22(29)27(4)16(3)17-5-8-19(9-6-17)28-13-23-12-24-28/h5-13,16H,1-4H3/t16-/m0/s1. The number of hydrogen-bond donors (Lipinski definition) is 0. The normalized spacial score (nSPS) is 12.1. The minimum Gasteiger partial charge on any atom is -0.335 e. The molecule has 0 saturated carbocycles. The molecule has 0 aliphatic heterocycles. The van der Waals surface area contributed by atoms with E-state index in [1.807, 2.05) is 70.3 Å². The Balaban J connectivity index is 1.56. The Morgan fingerprint density at radius 3 is 2.34 bits per heavy atom. The van der Waals surface area contributed by atoms with Crippen LogP contribution in [-0.4, -0.2) is 42.6 Å². The van der Waals surface area contributed by atoms with Crippen molar-refractivity contribution in [1.82, 2.24) is 29.6 Å². The summed E-state index contributed by atoms with van der Waals surface area (Å²) in [6.45, 7) is 5.87. The molecule has 0 fully saturated rings. The fourth-order valence-electron chi connectivity index (χ4n) is 3.21. The predicted octanol–water partition coefficient (Wildman–Crippen LogP) is 3.66. The van der Waals surface area contributed by atoms with Crippen LogP contribution in [0.3, 0.4) is 0 Å². The molecule has 29 heavy (non-hydrogen) atoms. The molecule has 4 aromatic rings. The van der Waals surface area contributed by atoms with Gasteiger partial charge < -0.3 is 4.90 Å². The van der Waals surface area contributed by atoms with Crippen LogP contribution in [0.5, 0.6) is 0 Å². The minimum atomic E-state index is -0.0890. The van der Waals surface area contributed by atoms with Crippen molar-refractivity contribution in [3.63, 3.8) is 0 Å². The number of aromatic nitrogens is 5. The monoisotopic (exact) mass is 386 g/mol. The Labute approximate surface area is 169 Å². The Morgan fingerprint density at radius 2 is 1.69 bits per heavy atom. The van der Waals surface area contributed by atoms with Crippen LogP contribution < -0.4 is 0 Å². The summed E-state index contributed by atoms with van der Waals surface area (Å²) in [6, 6.07) is 13.3. The zero-order chi connectivity index (χ0) is 20.5. The lowest BCUT2D eigenvalue weighted by molar-refractivity contribution is 0.0743. The molecule has 0 bridgehead atoms. The maximum Gasteiger partial charge on any atom is 0.254 e. The fourth-order valence-corrected chi connectivity index (χ4v) is 3.21. The first-order valence-corrected chi connectivity index (χ1v) is 9.41. The molecule has 2 heterocycles. The highest BCUT2D eigenvalue weighted by Gasteiger charge is 2.20. The fraction of sp³-hybridized carbons (Fsp3) is 0.227. The van der Waals surface area contributed by atoms with Gasteiger partial charge in [-0.05, 0) is 56.7 Å². The average molecular weight is 386 g/mol. The number of fused-ring (bicyclic) bond motifs is 1. The molecule has 0 saturated heterocycles. The van der Waals surface area contributed by atoms with Crippen LogP contribution in [0.1, 0.15) is 40.3 Å². The average Bonchev–Trinajstić information content (AvgIpc) is 3.28. The largest absolute Gasteiger partial charge is 0.335 e. The number of aryl methyl sites for hydroxylation is 2. The Hall–Kier alpha value is -3.61. The van der Waals surface area contributed by atoms with Crippen molar-refractivity contribution >= 4 is 16.9 Å². The van der Waals surface area contributed by atoms with Gasteiger partial charge in [0.05, 0.1) is 34.2 Å². The van der Waals surface area contributed by atoms with Crippen LogP contribution in [0, 0.1) is 13.8 Å². The highest BCUT2D eigenvalue weighted by Crippen LogP contribution is 2.23. The third kappa shape index (κ3) is 3.59. The number of rotatable bonds is 4. The molecule has 0 N–H and O–H groups in total. The predicted molar refractivity (Wildman–Crippen MR) is 111 cm³/mol. The lowest BCUT2D eigenvalue weighted by atomic mass is 10.1. The first kappa shape index (κ1) is 18.7. The summed E-state index contributed by atoms with van der Waals surface area (Å²) >= 11 is 0. The van der Waals surface area contributed by atoms with Crippen molar-refractivity contribution in [3.05, 3.63) is 77.6 Å². The van der Waals surface area contributed by atoms with E-state index in [0.29, 0.717) is 5.56 Å². The van der Waals surface area contributed by atoms with Gasteiger partial charge in [0.2, 0.25) is 0 Å². The van der Waals surface area contributed by atoms with Crippen LogP contribution in [0.25, 0.3) is 16.7 Å². The second-order valence-electron chi connectivity index (χ2n) is 7.12. The summed E-state index contributed by atoms with van der Waals surface area (Å²) in [6.07, 6.45) is 3.15. The van der Waals surface area contributed by atoms with Crippen molar-refractivity contribution in [3.8, 4) is 5.69 Å². The van der Waals surface area contributed by atoms with Gasteiger partial charge >= 0.3 is 0 Å². The van der Waals surface area contributed by atoms with Gasteiger partial charge in [-0.2, -0.15) is 5.10 Å². The molecule has 1 amide bonds. The van der Waals surface area contributed by atoms with Crippen molar-refractivity contribution < 1.29 is 4.79 Å². The Bertz CT molecular complexity index is 1170. The van der Waals surface area contributed by atoms with E-state index >= 15 is 0 Å². The van der Waals surface area contributed by atoms with E-state index in [0.717, 1.165) is 33.7 Å². The van der Waals surface area contributed by atoms with E-state index < -0.39 is 0 Å². The van der Waals surface area contributed by atoms with Gasteiger partial charge in [-0.15, -0.1) is 0 Å². The molecule has 0 aliphatic carbocycles. The molecule has 2 aromatic carbocycles. The van der Waals surface area contributed by atoms with Crippen molar-refractivity contribution in [2.75, 3.05) is 7.05 Å². The highest BCUT2D eigenvalue weighted by molar-refractivity contribution is 5.97. The minimum absolute atomic E-state index is 0.0558. The second kappa shape index (κ2) is 7.43. The maximum atomic E-state index is 13.1. The van der Waals surface area contributed by atoms with Gasteiger partial charge in [-0.25, -0.2) is 19.6 Å². The third-order valence-corrected chi connectivity index (χ3v) is 5.28. The zero-order valence-corrected chi connectivity index (χ0v) is 16.9. The molecule has 4 rings (SSSR count). The molecule has 2 aromatic heterocycles. The van der Waals surface area contributed by atoms with Crippen LogP contribution in [0.2, 0.25) is 0 Å². The van der Waals surface area contributed by atoms with Gasteiger partial charge in [-0.1, -0.05) is 12.1 Å². The molecule has 7 heteroatoms. The van der Waals surface area contributed by atoms with E-state index in [1.54, 1.807) is 15.9 Å². The number of amides is 1. The number of carbonyl (C=O) groups excluding carboxylic acids is 1. The van der Waals surface area contributed by atoms with Crippen molar-refractivity contribution in [1.29, 1.82) is 0 Å². The lowest BCUT2D eigenvalue weighted by Crippen LogP contribution is -2.29. The maximum absolute atomic E-state index is 13.1. The number of hydrogen-bond acceptors (Lipinski definition) is 5. The summed E-state index contributed by atoms with van der Waals surface area (Å²) in [5, 5.41) is 4.13. The van der Waals surface area contributed by atoms with Gasteiger partial charge in [0.15, 0.2) is 0 Å². The molecule has 0 radical (unpaired) electrons. The number of carbonyl (C=O) groups is 1. The molecule has 0 aliphatic rings. The molecule has 0 spiro atoms.